The van der Waals surface area contributed by atoms with E-state index in [1.807, 2.05) is 0 Å². The smallest absolute Gasteiger partial charge is 0.217 e. The van der Waals surface area contributed by atoms with Crippen LogP contribution in [0.2, 0.25) is 0 Å². The zero-order chi connectivity index (χ0) is 27.6. The molecule has 39 heavy (non-hydrogen) atoms. The molecule has 0 aromatic heterocycles. The van der Waals surface area contributed by atoms with Gasteiger partial charge in [-0.3, -0.25) is 4.79 Å². The Morgan fingerprint density at radius 1 is 1.10 bits per heavy atom. The van der Waals surface area contributed by atoms with E-state index in [-0.39, 0.29) is 42.4 Å². The van der Waals surface area contributed by atoms with Gasteiger partial charge in [0, 0.05) is 62.9 Å². The average molecular weight is 548 g/mol. The van der Waals surface area contributed by atoms with Gasteiger partial charge in [0.1, 0.15) is 28.8 Å². The first-order chi connectivity index (χ1) is 18.7. The molecule has 4 N–H and O–H groups in total. The van der Waals surface area contributed by atoms with Gasteiger partial charge < -0.3 is 30.5 Å². The van der Waals surface area contributed by atoms with Crippen LogP contribution in [-0.2, 0) is 16.0 Å². The van der Waals surface area contributed by atoms with Crippen molar-refractivity contribution in [2.75, 3.05) is 25.1 Å². The maximum absolute atomic E-state index is 15.1. The lowest BCUT2D eigenvalue weighted by atomic mass is 9.73. The van der Waals surface area contributed by atoms with Crippen LogP contribution in [-0.4, -0.2) is 54.6 Å². The summed E-state index contributed by atoms with van der Waals surface area (Å²) in [5.74, 6) is -1.68. The maximum atomic E-state index is 15.1. The molecule has 2 aliphatic heterocycles. The molecule has 7 nitrogen and oxygen atoms in total. The Kier molecular flexibility index (Phi) is 8.35. The van der Waals surface area contributed by atoms with Crippen molar-refractivity contribution in [3.63, 3.8) is 0 Å². The van der Waals surface area contributed by atoms with Crippen LogP contribution in [0.5, 0.6) is 5.75 Å². The van der Waals surface area contributed by atoms with E-state index in [0.29, 0.717) is 36.6 Å². The van der Waals surface area contributed by atoms with E-state index in [9.17, 15) is 18.7 Å². The quantitative estimate of drug-likeness (QED) is 0.377. The number of ether oxygens (including phenoxy) is 2. The second kappa shape index (κ2) is 11.7. The normalized spacial score (nSPS) is 21.8. The third-order valence-corrected chi connectivity index (χ3v) is 8.03. The Hall–Kier alpha value is -2.82. The van der Waals surface area contributed by atoms with Gasteiger partial charge in [-0.25, -0.2) is 13.2 Å². The zero-order valence-corrected chi connectivity index (χ0v) is 22.1. The number of hydrogen-bond donors (Lipinski definition) is 4. The highest BCUT2D eigenvalue weighted by molar-refractivity contribution is 5.73. The van der Waals surface area contributed by atoms with Crippen LogP contribution in [0.15, 0.2) is 30.3 Å². The Morgan fingerprint density at radius 2 is 1.82 bits per heavy atom. The van der Waals surface area contributed by atoms with Crippen molar-refractivity contribution in [1.82, 2.24) is 10.6 Å². The summed E-state index contributed by atoms with van der Waals surface area (Å²) in [6.07, 6.45) is 4.03. The molecular weight excluding hydrogens is 511 g/mol. The van der Waals surface area contributed by atoms with Gasteiger partial charge in [0.25, 0.3) is 0 Å². The summed E-state index contributed by atoms with van der Waals surface area (Å²) in [7, 11) is 0. The molecule has 1 amide bonds. The number of carbonyl (C=O) groups excluding carboxylic acids is 1. The molecule has 1 spiro atoms. The second-order valence-electron chi connectivity index (χ2n) is 11.1. The highest BCUT2D eigenvalue weighted by atomic mass is 19.1. The Labute approximate surface area is 226 Å². The topological polar surface area (TPSA) is 91.9 Å². The largest absolute Gasteiger partial charge is 0.487 e. The number of anilines is 1. The van der Waals surface area contributed by atoms with Gasteiger partial charge in [0.05, 0.1) is 17.8 Å². The predicted molar refractivity (Wildman–Crippen MR) is 140 cm³/mol. The number of benzene rings is 2. The minimum atomic E-state index is -1.05. The maximum Gasteiger partial charge on any atom is 0.217 e. The molecule has 2 heterocycles. The minimum Gasteiger partial charge on any atom is -0.487 e. The third kappa shape index (κ3) is 6.67. The van der Waals surface area contributed by atoms with Gasteiger partial charge in [-0.2, -0.15) is 0 Å². The molecule has 0 unspecified atom stereocenters. The van der Waals surface area contributed by atoms with Crippen molar-refractivity contribution in [1.29, 1.82) is 0 Å². The number of fused-ring (bicyclic) bond motifs is 1. The summed E-state index contributed by atoms with van der Waals surface area (Å²) in [6.45, 7) is 2.70. The van der Waals surface area contributed by atoms with E-state index >= 15 is 4.39 Å². The molecule has 0 bridgehead atoms. The Balaban J connectivity index is 1.33. The molecule has 1 aliphatic carbocycles. The molecular formula is C29H36F3N3O4. The van der Waals surface area contributed by atoms with Gasteiger partial charge >= 0.3 is 0 Å². The third-order valence-electron chi connectivity index (χ3n) is 8.03. The van der Waals surface area contributed by atoms with Gasteiger partial charge in [-0.1, -0.05) is 0 Å². The van der Waals surface area contributed by atoms with Crippen molar-refractivity contribution in [2.24, 2.45) is 0 Å². The number of rotatable bonds is 9. The highest BCUT2D eigenvalue weighted by Gasteiger charge is 2.46. The van der Waals surface area contributed by atoms with Crippen LogP contribution in [0.4, 0.5) is 18.9 Å². The lowest BCUT2D eigenvalue weighted by Crippen LogP contribution is -2.52. The molecule has 2 aromatic carbocycles. The van der Waals surface area contributed by atoms with Crippen LogP contribution >= 0.6 is 0 Å². The number of amides is 1. The van der Waals surface area contributed by atoms with Crippen LogP contribution in [0.25, 0.3) is 0 Å². The second-order valence-corrected chi connectivity index (χ2v) is 11.1. The van der Waals surface area contributed by atoms with E-state index < -0.39 is 23.8 Å². The van der Waals surface area contributed by atoms with Gasteiger partial charge in [-0.15, -0.1) is 0 Å². The van der Waals surface area contributed by atoms with Gasteiger partial charge in [0.2, 0.25) is 5.91 Å². The SMILES string of the molecule is CC(=O)N[C@@H](Cc1cc(F)cc(F)c1)[C@H](O)CN[C@H]1CC2(CCC2)Oc2cc(F)c(NC3CCOCC3)cc21. The number of aliphatic hydroxyl groups is 1. The average Bonchev–Trinajstić information content (AvgIpc) is 2.86. The summed E-state index contributed by atoms with van der Waals surface area (Å²) in [5.41, 5.74) is 1.17. The molecule has 1 saturated heterocycles. The van der Waals surface area contributed by atoms with E-state index in [0.717, 1.165) is 43.7 Å². The molecule has 0 radical (unpaired) electrons. The highest BCUT2D eigenvalue weighted by Crippen LogP contribution is 2.49. The zero-order valence-electron chi connectivity index (χ0n) is 22.1. The minimum absolute atomic E-state index is 0.0514. The molecule has 10 heteroatoms. The van der Waals surface area contributed by atoms with Gasteiger partial charge in [-0.05, 0) is 62.3 Å². The lowest BCUT2D eigenvalue weighted by Gasteiger charge is -2.48. The van der Waals surface area contributed by atoms with E-state index in [1.165, 1.54) is 25.1 Å². The fraction of sp³-hybridized carbons (Fsp3) is 0.552. The Morgan fingerprint density at radius 3 is 2.46 bits per heavy atom. The van der Waals surface area contributed by atoms with E-state index in [1.54, 1.807) is 6.07 Å². The number of aliphatic hydroxyl groups excluding tert-OH is 1. The van der Waals surface area contributed by atoms with E-state index in [4.69, 9.17) is 9.47 Å². The Bertz CT molecular complexity index is 1170. The monoisotopic (exact) mass is 547 g/mol. The predicted octanol–water partition coefficient (Wildman–Crippen LogP) is 4.14. The number of nitrogens with one attached hydrogen (secondary N) is 3. The molecule has 5 rings (SSSR count). The number of carbonyl (C=O) groups is 1. The number of halogens is 3. The molecule has 212 valence electrons. The standard InChI is InChI=1S/C29H36F3N3O4/c1-17(36)34-25(11-18-9-19(30)12-20(31)10-18)27(37)16-33-26-15-29(5-2-6-29)39-28-14-23(32)24(13-22(26)28)35-21-3-7-38-8-4-21/h9-10,12-14,21,25-27,33,35,37H,2-8,11,15-16H2,1H3,(H,34,36)/t25-,26-,27+/m0/s1. The fourth-order valence-corrected chi connectivity index (χ4v) is 5.85. The fourth-order valence-electron chi connectivity index (χ4n) is 5.85. The molecule has 2 aromatic rings. The van der Waals surface area contributed by atoms with E-state index in [2.05, 4.69) is 16.0 Å². The molecule has 3 atom stereocenters. The summed E-state index contributed by atoms with van der Waals surface area (Å²) in [4.78, 5) is 11.9. The van der Waals surface area contributed by atoms with Crippen molar-refractivity contribution in [3.8, 4) is 5.75 Å². The van der Waals surface area contributed by atoms with Crippen molar-refractivity contribution >= 4 is 11.6 Å². The van der Waals surface area contributed by atoms with Crippen molar-refractivity contribution in [3.05, 3.63) is 58.9 Å². The first-order valence-corrected chi connectivity index (χ1v) is 13.7. The van der Waals surface area contributed by atoms with Crippen molar-refractivity contribution < 1.29 is 32.5 Å². The summed E-state index contributed by atoms with van der Waals surface area (Å²) in [5, 5.41) is 20.5. The van der Waals surface area contributed by atoms with Crippen molar-refractivity contribution in [2.45, 2.75) is 81.7 Å². The molecule has 1 saturated carbocycles. The van der Waals surface area contributed by atoms with Crippen LogP contribution in [0.3, 0.4) is 0 Å². The van der Waals surface area contributed by atoms with Crippen LogP contribution < -0.4 is 20.7 Å². The van der Waals surface area contributed by atoms with Gasteiger partial charge in [0.15, 0.2) is 0 Å². The van der Waals surface area contributed by atoms with Crippen LogP contribution in [0.1, 0.15) is 62.6 Å². The summed E-state index contributed by atoms with van der Waals surface area (Å²) in [6, 6.07) is 5.52. The lowest BCUT2D eigenvalue weighted by molar-refractivity contribution is -0.120. The first kappa shape index (κ1) is 27.7. The molecule has 3 aliphatic rings. The number of hydrogen-bond acceptors (Lipinski definition) is 6. The molecule has 2 fully saturated rings. The first-order valence-electron chi connectivity index (χ1n) is 13.7. The summed E-state index contributed by atoms with van der Waals surface area (Å²) < 4.78 is 54.3. The van der Waals surface area contributed by atoms with Crippen LogP contribution in [0, 0.1) is 17.5 Å². The summed E-state index contributed by atoms with van der Waals surface area (Å²) >= 11 is 0.